The number of nitrogens with one attached hydrogen (secondary N) is 1. The summed E-state index contributed by atoms with van der Waals surface area (Å²) in [5, 5.41) is 1.74. The summed E-state index contributed by atoms with van der Waals surface area (Å²) in [6.45, 7) is 14.1. The Morgan fingerprint density at radius 2 is 1.84 bits per heavy atom. The van der Waals surface area contributed by atoms with Crippen LogP contribution in [-0.2, 0) is 0 Å². The van der Waals surface area contributed by atoms with Gasteiger partial charge in [0.15, 0.2) is 0 Å². The van der Waals surface area contributed by atoms with Crippen molar-refractivity contribution in [2.24, 2.45) is 0 Å². The van der Waals surface area contributed by atoms with E-state index in [9.17, 15) is 0 Å². The normalized spacial score (nSPS) is 16.5. The molecule has 0 saturated carbocycles. The second-order valence-electron chi connectivity index (χ2n) is 7.42. The molecule has 0 aromatic rings. The molecular formula is C17H33NSi. The van der Waals surface area contributed by atoms with Crippen molar-refractivity contribution in [1.29, 1.82) is 0 Å². The van der Waals surface area contributed by atoms with Crippen LogP contribution >= 0.6 is 0 Å². The van der Waals surface area contributed by atoms with Crippen molar-refractivity contribution in [2.75, 3.05) is 0 Å². The van der Waals surface area contributed by atoms with Crippen LogP contribution < -0.4 is 4.98 Å². The lowest BCUT2D eigenvalue weighted by Gasteiger charge is -2.35. The summed E-state index contributed by atoms with van der Waals surface area (Å²) in [4.78, 5) is 3.91. The Bertz CT molecular complexity index is 345. The van der Waals surface area contributed by atoms with E-state index in [0.717, 1.165) is 0 Å². The summed E-state index contributed by atoms with van der Waals surface area (Å²) in [6, 6.07) is 0. The molecule has 1 N–H and O–H groups in total. The molecule has 0 aliphatic heterocycles. The van der Waals surface area contributed by atoms with Crippen molar-refractivity contribution in [2.45, 2.75) is 84.9 Å². The van der Waals surface area contributed by atoms with Gasteiger partial charge in [0.25, 0.3) is 0 Å². The van der Waals surface area contributed by atoms with Gasteiger partial charge < -0.3 is 4.98 Å². The summed E-state index contributed by atoms with van der Waals surface area (Å²) in [5.74, 6) is 0. The Morgan fingerprint density at radius 3 is 2.42 bits per heavy atom. The zero-order valence-corrected chi connectivity index (χ0v) is 14.9. The average Bonchev–Trinajstić information content (AvgIpc) is 2.70. The van der Waals surface area contributed by atoms with E-state index in [-0.39, 0.29) is 5.54 Å². The first-order valence-corrected chi connectivity index (χ1v) is 10.9. The molecule has 0 fully saturated rings. The predicted molar refractivity (Wildman–Crippen MR) is 89.9 cm³/mol. The first kappa shape index (κ1) is 16.7. The standard InChI is InChI=1S/C17H33NSi/c1-7-8-9-10-12-15-13-11-14-16(15)19(5,6)18-17(2,3)4/h11,13,18H,7-10,12,14H2,1-6H3. The SMILES string of the molecule is CCCCCCC1=C([Si](C)(C)NC(C)(C)C)CC=C1. The summed E-state index contributed by atoms with van der Waals surface area (Å²) in [5.41, 5.74) is 1.86. The van der Waals surface area contributed by atoms with Crippen molar-refractivity contribution < 1.29 is 0 Å². The fourth-order valence-corrected chi connectivity index (χ4v) is 6.86. The highest BCUT2D eigenvalue weighted by molar-refractivity contribution is 6.82. The molecule has 1 nitrogen and oxygen atoms in total. The molecule has 1 aliphatic rings. The van der Waals surface area contributed by atoms with Crippen LogP contribution in [0.3, 0.4) is 0 Å². The van der Waals surface area contributed by atoms with Crippen LogP contribution in [0, 0.1) is 0 Å². The van der Waals surface area contributed by atoms with Crippen molar-refractivity contribution >= 4 is 8.24 Å². The third-order valence-corrected chi connectivity index (χ3v) is 7.18. The Hall–Kier alpha value is -0.343. The lowest BCUT2D eigenvalue weighted by molar-refractivity contribution is 0.513. The van der Waals surface area contributed by atoms with Crippen LogP contribution in [0.1, 0.15) is 66.2 Å². The molecule has 0 unspecified atom stereocenters. The molecule has 110 valence electrons. The smallest absolute Gasteiger partial charge is 0.148 e. The molecule has 0 amide bonds. The Labute approximate surface area is 121 Å². The monoisotopic (exact) mass is 279 g/mol. The molecule has 0 atom stereocenters. The van der Waals surface area contributed by atoms with Crippen molar-refractivity contribution in [3.05, 3.63) is 22.9 Å². The van der Waals surface area contributed by atoms with E-state index >= 15 is 0 Å². The molecule has 0 heterocycles. The van der Waals surface area contributed by atoms with E-state index in [1.165, 1.54) is 38.5 Å². The van der Waals surface area contributed by atoms with E-state index in [1.807, 2.05) is 0 Å². The lowest BCUT2D eigenvalue weighted by Crippen LogP contribution is -2.55. The molecule has 0 spiro atoms. The molecule has 0 radical (unpaired) electrons. The van der Waals surface area contributed by atoms with Gasteiger partial charge in [0, 0.05) is 5.54 Å². The van der Waals surface area contributed by atoms with Gasteiger partial charge in [-0.15, -0.1) is 0 Å². The minimum absolute atomic E-state index is 0.221. The largest absolute Gasteiger partial charge is 0.329 e. The van der Waals surface area contributed by atoms with E-state index < -0.39 is 8.24 Å². The Balaban J connectivity index is 2.67. The van der Waals surface area contributed by atoms with Gasteiger partial charge in [-0.2, -0.15) is 0 Å². The maximum absolute atomic E-state index is 3.91. The molecule has 1 aliphatic carbocycles. The molecule has 0 bridgehead atoms. The minimum atomic E-state index is -1.47. The van der Waals surface area contributed by atoms with Gasteiger partial charge in [-0.05, 0) is 40.0 Å². The first-order chi connectivity index (χ1) is 8.76. The number of hydrogen-bond acceptors (Lipinski definition) is 1. The molecule has 1 rings (SSSR count). The minimum Gasteiger partial charge on any atom is -0.329 e. The second-order valence-corrected chi connectivity index (χ2v) is 11.5. The molecule has 0 aromatic heterocycles. The summed E-state index contributed by atoms with van der Waals surface area (Å²) >= 11 is 0. The summed E-state index contributed by atoms with van der Waals surface area (Å²) in [6.07, 6.45) is 12.7. The van der Waals surface area contributed by atoms with Gasteiger partial charge in [-0.1, -0.05) is 62.2 Å². The van der Waals surface area contributed by atoms with Gasteiger partial charge in [0.1, 0.15) is 8.24 Å². The third-order valence-electron chi connectivity index (χ3n) is 3.77. The van der Waals surface area contributed by atoms with E-state index in [1.54, 1.807) is 10.8 Å². The Morgan fingerprint density at radius 1 is 1.16 bits per heavy atom. The van der Waals surface area contributed by atoms with Crippen molar-refractivity contribution in [1.82, 2.24) is 4.98 Å². The van der Waals surface area contributed by atoms with Crippen molar-refractivity contribution in [3.63, 3.8) is 0 Å². The van der Waals surface area contributed by atoms with E-state index in [0.29, 0.717) is 0 Å². The fraction of sp³-hybridized carbons (Fsp3) is 0.765. The summed E-state index contributed by atoms with van der Waals surface area (Å²) in [7, 11) is -1.47. The highest BCUT2D eigenvalue weighted by atomic mass is 28.3. The number of allylic oxidation sites excluding steroid dienone is 4. The zero-order valence-electron chi connectivity index (χ0n) is 13.9. The summed E-state index contributed by atoms with van der Waals surface area (Å²) < 4.78 is 0. The molecule has 0 aromatic carbocycles. The van der Waals surface area contributed by atoms with Gasteiger partial charge in [0.05, 0.1) is 0 Å². The van der Waals surface area contributed by atoms with Crippen LogP contribution in [0.25, 0.3) is 0 Å². The van der Waals surface area contributed by atoms with Crippen LogP contribution in [0.2, 0.25) is 13.1 Å². The molecular weight excluding hydrogens is 246 g/mol. The zero-order chi connectivity index (χ0) is 14.5. The number of hydrogen-bond donors (Lipinski definition) is 1. The average molecular weight is 280 g/mol. The van der Waals surface area contributed by atoms with E-state index in [4.69, 9.17) is 0 Å². The van der Waals surface area contributed by atoms with Gasteiger partial charge in [-0.25, -0.2) is 0 Å². The molecule has 0 saturated heterocycles. The second kappa shape index (κ2) is 6.89. The van der Waals surface area contributed by atoms with Crippen LogP contribution in [0.15, 0.2) is 22.9 Å². The van der Waals surface area contributed by atoms with Crippen LogP contribution in [0.5, 0.6) is 0 Å². The molecule has 2 heteroatoms. The topological polar surface area (TPSA) is 12.0 Å². The third kappa shape index (κ3) is 5.66. The lowest BCUT2D eigenvalue weighted by atomic mass is 10.1. The van der Waals surface area contributed by atoms with Crippen molar-refractivity contribution in [3.8, 4) is 0 Å². The van der Waals surface area contributed by atoms with Gasteiger partial charge >= 0.3 is 0 Å². The number of rotatable bonds is 7. The van der Waals surface area contributed by atoms with Crippen LogP contribution in [0.4, 0.5) is 0 Å². The molecule has 19 heavy (non-hydrogen) atoms. The maximum atomic E-state index is 3.91. The Kier molecular flexibility index (Phi) is 6.06. The maximum Gasteiger partial charge on any atom is 0.148 e. The van der Waals surface area contributed by atoms with E-state index in [2.05, 4.69) is 57.9 Å². The highest BCUT2D eigenvalue weighted by Gasteiger charge is 2.32. The quantitative estimate of drug-likeness (QED) is 0.489. The van der Waals surface area contributed by atoms with Crippen LogP contribution in [-0.4, -0.2) is 13.8 Å². The predicted octanol–water partition coefficient (Wildman–Crippen LogP) is 5.35. The highest BCUT2D eigenvalue weighted by Crippen LogP contribution is 2.31. The fourth-order valence-electron chi connectivity index (χ4n) is 3.20. The number of unbranched alkanes of at least 4 members (excludes halogenated alkanes) is 3. The van der Waals surface area contributed by atoms with Gasteiger partial charge in [0.2, 0.25) is 0 Å². The first-order valence-electron chi connectivity index (χ1n) is 7.94. The van der Waals surface area contributed by atoms with Gasteiger partial charge in [-0.3, -0.25) is 0 Å².